The number of halogens is 2. The molecule has 0 aliphatic rings. The van der Waals surface area contributed by atoms with Gasteiger partial charge in [-0.1, -0.05) is 23.2 Å². The van der Waals surface area contributed by atoms with Crippen LogP contribution >= 0.6 is 23.2 Å². The second-order valence-electron chi connectivity index (χ2n) is 2.17. The van der Waals surface area contributed by atoms with Crippen LogP contribution < -0.4 is 0 Å². The van der Waals surface area contributed by atoms with Gasteiger partial charge >= 0.3 is 0 Å². The molecule has 0 unspecified atom stereocenters. The third kappa shape index (κ3) is 1.08. The van der Waals surface area contributed by atoms with E-state index in [-0.39, 0.29) is 0 Å². The highest BCUT2D eigenvalue weighted by Gasteiger charge is 2.00. The predicted molar refractivity (Wildman–Crippen MR) is 45.2 cm³/mol. The van der Waals surface area contributed by atoms with Crippen LogP contribution in [0.25, 0.3) is 5.52 Å². The highest BCUT2D eigenvalue weighted by atomic mass is 35.5. The van der Waals surface area contributed by atoms with Crippen molar-refractivity contribution in [2.24, 2.45) is 0 Å². The van der Waals surface area contributed by atoms with Crippen LogP contribution in [0.3, 0.4) is 0 Å². The molecule has 0 spiro atoms. The van der Waals surface area contributed by atoms with Gasteiger partial charge in [0.05, 0.1) is 10.5 Å². The Kier molecular flexibility index (Phi) is 1.51. The lowest BCUT2D eigenvalue weighted by atomic mass is 10.5. The average Bonchev–Trinajstić information content (AvgIpc) is 2.31. The molecule has 0 amide bonds. The molecule has 0 radical (unpaired) electrons. The molecular formula is C7H4Cl2N2. The number of hydrogen-bond donors (Lipinski definition) is 0. The van der Waals surface area contributed by atoms with Gasteiger partial charge in [0.2, 0.25) is 0 Å². The molecule has 0 fully saturated rings. The molecule has 0 saturated heterocycles. The van der Waals surface area contributed by atoms with E-state index in [4.69, 9.17) is 23.2 Å². The molecule has 56 valence electrons. The Balaban J connectivity index is 2.90. The maximum atomic E-state index is 5.78. The van der Waals surface area contributed by atoms with Crippen molar-refractivity contribution in [3.63, 3.8) is 0 Å². The van der Waals surface area contributed by atoms with E-state index in [1.807, 2.05) is 4.40 Å². The monoisotopic (exact) mass is 186 g/mol. The molecule has 2 nitrogen and oxygen atoms in total. The topological polar surface area (TPSA) is 17.3 Å². The molecule has 2 aromatic rings. The summed E-state index contributed by atoms with van der Waals surface area (Å²) in [5.74, 6) is 0. The Labute approximate surface area is 73.4 Å². The molecule has 0 bridgehead atoms. The van der Waals surface area contributed by atoms with Gasteiger partial charge in [-0.3, -0.25) is 0 Å². The Morgan fingerprint density at radius 1 is 1.36 bits per heavy atom. The summed E-state index contributed by atoms with van der Waals surface area (Å²) in [7, 11) is 0. The fraction of sp³-hybridized carbons (Fsp3) is 0. The number of aromatic nitrogens is 2. The van der Waals surface area contributed by atoms with E-state index in [1.54, 1.807) is 24.7 Å². The van der Waals surface area contributed by atoms with E-state index < -0.39 is 0 Å². The molecule has 11 heavy (non-hydrogen) atoms. The summed E-state index contributed by atoms with van der Waals surface area (Å²) in [6.45, 7) is 0. The van der Waals surface area contributed by atoms with Gasteiger partial charge in [0, 0.05) is 18.6 Å². The van der Waals surface area contributed by atoms with Crippen LogP contribution in [0.2, 0.25) is 10.2 Å². The average molecular weight is 187 g/mol. The minimum absolute atomic E-state index is 0.472. The maximum Gasteiger partial charge on any atom is 0.153 e. The highest BCUT2D eigenvalue weighted by Crippen LogP contribution is 2.19. The van der Waals surface area contributed by atoms with E-state index in [0.29, 0.717) is 10.2 Å². The third-order valence-corrected chi connectivity index (χ3v) is 1.94. The molecule has 0 aliphatic carbocycles. The Morgan fingerprint density at radius 2 is 2.18 bits per heavy atom. The number of fused-ring (bicyclic) bond motifs is 1. The number of nitrogens with zero attached hydrogens (tertiary/aromatic N) is 2. The van der Waals surface area contributed by atoms with Gasteiger partial charge in [-0.2, -0.15) is 0 Å². The van der Waals surface area contributed by atoms with Crippen molar-refractivity contribution in [3.05, 3.63) is 34.8 Å². The summed E-state index contributed by atoms with van der Waals surface area (Å²) >= 11 is 11.5. The number of rotatable bonds is 0. The van der Waals surface area contributed by atoms with Crippen LogP contribution in [0, 0.1) is 0 Å². The van der Waals surface area contributed by atoms with Gasteiger partial charge in [0.1, 0.15) is 0 Å². The molecule has 2 rings (SSSR count). The summed E-state index contributed by atoms with van der Waals surface area (Å²) in [5.41, 5.74) is 0.833. The zero-order chi connectivity index (χ0) is 7.84. The summed E-state index contributed by atoms with van der Waals surface area (Å²) in [5, 5.41) is 1.14. The fourth-order valence-corrected chi connectivity index (χ4v) is 1.39. The standard InChI is InChI=1S/C7H4Cl2N2/c8-5-3-6-7(9)10-1-2-11(6)4-5/h1-4H. The minimum atomic E-state index is 0.472. The van der Waals surface area contributed by atoms with Crippen LogP contribution in [0.15, 0.2) is 24.7 Å². The van der Waals surface area contributed by atoms with E-state index in [1.165, 1.54) is 0 Å². The molecule has 2 aromatic heterocycles. The molecule has 4 heteroatoms. The van der Waals surface area contributed by atoms with E-state index in [2.05, 4.69) is 4.98 Å². The van der Waals surface area contributed by atoms with Crippen molar-refractivity contribution in [1.82, 2.24) is 9.38 Å². The van der Waals surface area contributed by atoms with Crippen LogP contribution in [0.1, 0.15) is 0 Å². The van der Waals surface area contributed by atoms with Crippen LogP contribution in [-0.4, -0.2) is 9.38 Å². The zero-order valence-electron chi connectivity index (χ0n) is 5.46. The lowest BCUT2D eigenvalue weighted by molar-refractivity contribution is 1.14. The number of hydrogen-bond acceptors (Lipinski definition) is 1. The lowest BCUT2D eigenvalue weighted by Crippen LogP contribution is -1.82. The Bertz CT molecular complexity index is 394. The quantitative estimate of drug-likeness (QED) is 0.619. The van der Waals surface area contributed by atoms with Crippen LogP contribution in [0.4, 0.5) is 0 Å². The summed E-state index contributed by atoms with van der Waals surface area (Å²) in [4.78, 5) is 3.91. The molecule has 0 aliphatic heterocycles. The van der Waals surface area contributed by atoms with Gasteiger partial charge in [-0.25, -0.2) is 4.98 Å². The smallest absolute Gasteiger partial charge is 0.153 e. The van der Waals surface area contributed by atoms with Gasteiger partial charge < -0.3 is 4.40 Å². The molecule has 0 aromatic carbocycles. The lowest BCUT2D eigenvalue weighted by Gasteiger charge is -1.92. The fourth-order valence-electron chi connectivity index (χ4n) is 0.971. The summed E-state index contributed by atoms with van der Waals surface area (Å²) in [6.07, 6.45) is 5.21. The highest BCUT2D eigenvalue weighted by molar-refractivity contribution is 6.34. The molecule has 0 saturated carbocycles. The van der Waals surface area contributed by atoms with Crippen molar-refractivity contribution in [2.45, 2.75) is 0 Å². The largest absolute Gasteiger partial charge is 0.318 e. The molecular weight excluding hydrogens is 183 g/mol. The van der Waals surface area contributed by atoms with Crippen molar-refractivity contribution >= 4 is 28.7 Å². The maximum absolute atomic E-state index is 5.78. The summed E-state index contributed by atoms with van der Waals surface area (Å²) in [6, 6.07) is 1.77. The first kappa shape index (κ1) is 6.95. The minimum Gasteiger partial charge on any atom is -0.318 e. The van der Waals surface area contributed by atoms with Gasteiger partial charge in [-0.15, -0.1) is 0 Å². The van der Waals surface area contributed by atoms with Gasteiger partial charge in [0.15, 0.2) is 5.15 Å². The SMILES string of the molecule is Clc1cc2c(Cl)nccn2c1. The third-order valence-electron chi connectivity index (χ3n) is 1.44. The van der Waals surface area contributed by atoms with Crippen LogP contribution in [0.5, 0.6) is 0 Å². The van der Waals surface area contributed by atoms with Crippen molar-refractivity contribution in [1.29, 1.82) is 0 Å². The first-order chi connectivity index (χ1) is 5.27. The van der Waals surface area contributed by atoms with Crippen LogP contribution in [-0.2, 0) is 0 Å². The first-order valence-corrected chi connectivity index (χ1v) is 3.81. The van der Waals surface area contributed by atoms with Crippen molar-refractivity contribution < 1.29 is 0 Å². The first-order valence-electron chi connectivity index (χ1n) is 3.05. The van der Waals surface area contributed by atoms with Crippen molar-refractivity contribution in [2.75, 3.05) is 0 Å². The second-order valence-corrected chi connectivity index (χ2v) is 2.96. The second kappa shape index (κ2) is 2.40. The van der Waals surface area contributed by atoms with Gasteiger partial charge in [0.25, 0.3) is 0 Å². The van der Waals surface area contributed by atoms with Gasteiger partial charge in [-0.05, 0) is 6.07 Å². The van der Waals surface area contributed by atoms with E-state index >= 15 is 0 Å². The van der Waals surface area contributed by atoms with E-state index in [9.17, 15) is 0 Å². The van der Waals surface area contributed by atoms with E-state index in [0.717, 1.165) is 5.52 Å². The predicted octanol–water partition coefficient (Wildman–Crippen LogP) is 2.64. The molecule has 0 N–H and O–H groups in total. The molecule has 2 heterocycles. The zero-order valence-corrected chi connectivity index (χ0v) is 6.97. The summed E-state index contributed by atoms with van der Waals surface area (Å²) < 4.78 is 1.83. The molecule has 0 atom stereocenters. The normalized spacial score (nSPS) is 10.7. The van der Waals surface area contributed by atoms with Crippen molar-refractivity contribution in [3.8, 4) is 0 Å². The Hall–Kier alpha value is -0.730. The Morgan fingerprint density at radius 3 is 2.91 bits per heavy atom.